The largest absolute Gasteiger partial charge is 0.493 e. The van der Waals surface area contributed by atoms with Gasteiger partial charge in [-0.1, -0.05) is 17.7 Å². The van der Waals surface area contributed by atoms with Crippen molar-refractivity contribution in [2.75, 3.05) is 17.2 Å². The second kappa shape index (κ2) is 7.42. The molecule has 0 saturated heterocycles. The Morgan fingerprint density at radius 1 is 1.04 bits per heavy atom. The van der Waals surface area contributed by atoms with E-state index in [0.29, 0.717) is 33.4 Å². The van der Waals surface area contributed by atoms with Crippen LogP contribution in [0.25, 0.3) is 0 Å². The van der Waals surface area contributed by atoms with E-state index in [4.69, 9.17) is 16.3 Å². The molecule has 7 heteroatoms. The number of benzene rings is 2. The van der Waals surface area contributed by atoms with Crippen LogP contribution in [0.15, 0.2) is 53.9 Å². The van der Waals surface area contributed by atoms with Crippen molar-refractivity contribution in [1.29, 1.82) is 0 Å². The molecule has 1 aliphatic rings. The van der Waals surface area contributed by atoms with Crippen LogP contribution in [0.5, 0.6) is 5.75 Å². The first-order chi connectivity index (χ1) is 13.1. The highest BCUT2D eigenvalue weighted by Gasteiger charge is 2.15. The lowest BCUT2D eigenvalue weighted by Gasteiger charge is -2.10. The van der Waals surface area contributed by atoms with Crippen molar-refractivity contribution in [3.05, 3.63) is 74.9 Å². The molecule has 3 aromatic rings. The second-order valence-corrected chi connectivity index (χ2v) is 7.36. The lowest BCUT2D eigenvalue weighted by Crippen LogP contribution is -2.14. The van der Waals surface area contributed by atoms with E-state index in [0.717, 1.165) is 17.7 Å². The summed E-state index contributed by atoms with van der Waals surface area (Å²) in [4.78, 5) is 25.4. The van der Waals surface area contributed by atoms with Crippen LogP contribution >= 0.6 is 22.9 Å². The number of amides is 2. The van der Waals surface area contributed by atoms with Crippen molar-refractivity contribution in [1.82, 2.24) is 0 Å². The Labute approximate surface area is 164 Å². The van der Waals surface area contributed by atoms with Crippen LogP contribution < -0.4 is 15.4 Å². The van der Waals surface area contributed by atoms with Crippen LogP contribution in [-0.2, 0) is 6.42 Å². The molecular formula is C20H15ClN2O3S. The van der Waals surface area contributed by atoms with Crippen LogP contribution in [0.4, 0.5) is 11.4 Å². The van der Waals surface area contributed by atoms with Crippen molar-refractivity contribution in [2.45, 2.75) is 6.42 Å². The molecule has 0 atom stereocenters. The normalized spacial score (nSPS) is 12.2. The molecule has 0 fully saturated rings. The van der Waals surface area contributed by atoms with E-state index in [-0.39, 0.29) is 11.8 Å². The summed E-state index contributed by atoms with van der Waals surface area (Å²) in [5.41, 5.74) is 2.57. The fraction of sp³-hybridized carbons (Fsp3) is 0.100. The smallest absolute Gasteiger partial charge is 0.265 e. The molecule has 0 bridgehead atoms. The second-order valence-electron chi connectivity index (χ2n) is 6.00. The molecule has 1 aliphatic heterocycles. The SMILES string of the molecule is O=C(Nc1ccc2c(c1)CCO2)c1ccc(Cl)c(NC(=O)c2cccs2)c1. The summed E-state index contributed by atoms with van der Waals surface area (Å²) in [6, 6.07) is 13.9. The number of hydrogen-bond acceptors (Lipinski definition) is 4. The lowest BCUT2D eigenvalue weighted by atomic mass is 10.1. The number of carbonyl (C=O) groups is 2. The van der Waals surface area contributed by atoms with E-state index in [1.54, 1.807) is 36.4 Å². The lowest BCUT2D eigenvalue weighted by molar-refractivity contribution is 0.101. The quantitative estimate of drug-likeness (QED) is 0.660. The monoisotopic (exact) mass is 398 g/mol. The minimum atomic E-state index is -0.280. The zero-order valence-corrected chi connectivity index (χ0v) is 15.7. The molecule has 2 N–H and O–H groups in total. The summed E-state index contributed by atoms with van der Waals surface area (Å²) in [5.74, 6) is 0.318. The number of rotatable bonds is 4. The van der Waals surface area contributed by atoms with Gasteiger partial charge in [-0.15, -0.1) is 11.3 Å². The van der Waals surface area contributed by atoms with Crippen molar-refractivity contribution in [3.63, 3.8) is 0 Å². The third-order valence-electron chi connectivity index (χ3n) is 4.17. The highest BCUT2D eigenvalue weighted by Crippen LogP contribution is 2.29. The van der Waals surface area contributed by atoms with Crippen LogP contribution in [0, 0.1) is 0 Å². The predicted molar refractivity (Wildman–Crippen MR) is 107 cm³/mol. The molecule has 5 nitrogen and oxygen atoms in total. The van der Waals surface area contributed by atoms with Crippen LogP contribution in [0.1, 0.15) is 25.6 Å². The number of carbonyl (C=O) groups excluding carboxylic acids is 2. The molecule has 1 aromatic heterocycles. The van der Waals surface area contributed by atoms with Crippen LogP contribution in [0.3, 0.4) is 0 Å². The Morgan fingerprint density at radius 3 is 2.74 bits per heavy atom. The van der Waals surface area contributed by atoms with Gasteiger partial charge in [-0.25, -0.2) is 0 Å². The Balaban J connectivity index is 1.51. The molecular weight excluding hydrogens is 384 g/mol. The third kappa shape index (κ3) is 3.82. The van der Waals surface area contributed by atoms with Gasteiger partial charge in [-0.3, -0.25) is 9.59 Å². The van der Waals surface area contributed by atoms with Crippen molar-refractivity contribution >= 4 is 46.1 Å². The Bertz CT molecular complexity index is 1020. The molecule has 136 valence electrons. The first-order valence-corrected chi connectivity index (χ1v) is 9.57. The highest BCUT2D eigenvalue weighted by molar-refractivity contribution is 7.12. The number of ether oxygens (including phenoxy) is 1. The topological polar surface area (TPSA) is 67.4 Å². The summed E-state index contributed by atoms with van der Waals surface area (Å²) in [7, 11) is 0. The Kier molecular flexibility index (Phi) is 4.83. The van der Waals surface area contributed by atoms with E-state index in [1.807, 2.05) is 17.5 Å². The van der Waals surface area contributed by atoms with Gasteiger partial charge < -0.3 is 15.4 Å². The minimum Gasteiger partial charge on any atom is -0.493 e. The van der Waals surface area contributed by atoms with E-state index in [2.05, 4.69) is 10.6 Å². The number of halogens is 1. The highest BCUT2D eigenvalue weighted by atomic mass is 35.5. The fourth-order valence-electron chi connectivity index (χ4n) is 2.82. The first-order valence-electron chi connectivity index (χ1n) is 8.31. The van der Waals surface area contributed by atoms with Gasteiger partial charge >= 0.3 is 0 Å². The van der Waals surface area contributed by atoms with Crippen molar-refractivity contribution in [2.24, 2.45) is 0 Å². The molecule has 0 aliphatic carbocycles. The summed E-state index contributed by atoms with van der Waals surface area (Å²) in [6.45, 7) is 0.664. The van der Waals surface area contributed by atoms with E-state index >= 15 is 0 Å². The zero-order valence-electron chi connectivity index (χ0n) is 14.1. The zero-order chi connectivity index (χ0) is 18.8. The van der Waals surface area contributed by atoms with Gasteiger partial charge in [0.2, 0.25) is 0 Å². The molecule has 27 heavy (non-hydrogen) atoms. The summed E-state index contributed by atoms with van der Waals surface area (Å²) >= 11 is 7.51. The molecule has 4 rings (SSSR count). The summed E-state index contributed by atoms with van der Waals surface area (Å²) in [6.07, 6.45) is 0.832. The molecule has 0 radical (unpaired) electrons. The van der Waals surface area contributed by atoms with Gasteiger partial charge in [0.05, 0.1) is 22.2 Å². The van der Waals surface area contributed by atoms with E-state index in [1.165, 1.54) is 11.3 Å². The number of thiophene rings is 1. The fourth-order valence-corrected chi connectivity index (χ4v) is 3.61. The Hall–Kier alpha value is -2.83. The van der Waals surface area contributed by atoms with Crippen molar-refractivity contribution < 1.29 is 14.3 Å². The average Bonchev–Trinajstić information content (AvgIpc) is 3.34. The van der Waals surface area contributed by atoms with Gasteiger partial charge in [0.25, 0.3) is 11.8 Å². The molecule has 2 aromatic carbocycles. The minimum absolute atomic E-state index is 0.261. The molecule has 2 amide bonds. The van der Waals surface area contributed by atoms with Crippen molar-refractivity contribution in [3.8, 4) is 5.75 Å². The van der Waals surface area contributed by atoms with Gasteiger partial charge in [-0.05, 0) is 53.4 Å². The number of nitrogens with one attached hydrogen (secondary N) is 2. The maximum absolute atomic E-state index is 12.6. The number of anilines is 2. The number of fused-ring (bicyclic) bond motifs is 1. The maximum atomic E-state index is 12.6. The first kappa shape index (κ1) is 17.6. The van der Waals surface area contributed by atoms with Crippen LogP contribution in [-0.4, -0.2) is 18.4 Å². The van der Waals surface area contributed by atoms with Gasteiger partial charge in [0.15, 0.2) is 0 Å². The molecule has 2 heterocycles. The molecule has 0 unspecified atom stereocenters. The van der Waals surface area contributed by atoms with E-state index in [9.17, 15) is 9.59 Å². The number of hydrogen-bond donors (Lipinski definition) is 2. The third-order valence-corrected chi connectivity index (χ3v) is 5.37. The van der Waals surface area contributed by atoms with Gasteiger partial charge in [-0.2, -0.15) is 0 Å². The standard InChI is InChI=1S/C20H15ClN2O3S/c21-15-5-3-13(11-16(15)23-20(25)18-2-1-9-27-18)19(24)22-14-4-6-17-12(10-14)7-8-26-17/h1-6,9-11H,7-8H2,(H,22,24)(H,23,25). The summed E-state index contributed by atoms with van der Waals surface area (Å²) < 4.78 is 5.47. The van der Waals surface area contributed by atoms with Gasteiger partial charge in [0.1, 0.15) is 5.75 Å². The maximum Gasteiger partial charge on any atom is 0.265 e. The average molecular weight is 399 g/mol. The molecule has 0 saturated carbocycles. The summed E-state index contributed by atoms with van der Waals surface area (Å²) in [5, 5.41) is 7.80. The van der Waals surface area contributed by atoms with Crippen LogP contribution in [0.2, 0.25) is 5.02 Å². The Morgan fingerprint density at radius 2 is 1.93 bits per heavy atom. The predicted octanol–water partition coefficient (Wildman–Crippen LogP) is 4.84. The van der Waals surface area contributed by atoms with E-state index < -0.39 is 0 Å². The van der Waals surface area contributed by atoms with Gasteiger partial charge in [0, 0.05) is 17.7 Å². The molecule has 0 spiro atoms.